The minimum Gasteiger partial charge on any atom is -0.396 e. The number of fused-ring (bicyclic) bond motifs is 3. The number of rotatable bonds is 5. The van der Waals surface area contributed by atoms with E-state index < -0.39 is 5.69 Å². The van der Waals surface area contributed by atoms with Gasteiger partial charge in [-0.2, -0.15) is 4.98 Å². The Bertz CT molecular complexity index is 1290. The highest BCUT2D eigenvalue weighted by molar-refractivity contribution is 5.76. The van der Waals surface area contributed by atoms with E-state index in [9.17, 15) is 14.7 Å². The van der Waals surface area contributed by atoms with Crippen LogP contribution < -0.4 is 11.2 Å². The van der Waals surface area contributed by atoms with Gasteiger partial charge in [0.2, 0.25) is 5.78 Å². The standard InChI is InChI=1S/C20H23N5O3/c1-13-14(2)25-16-17(21-19(25)23(13)10-7-11-26)22(3)20(28)24(18(16)27)12-15-8-5-4-6-9-15/h4-6,8-9,26H,7,10-12H2,1-3H3. The second-order valence-corrected chi connectivity index (χ2v) is 7.04. The molecule has 0 unspecified atom stereocenters. The number of benzene rings is 1. The number of aromatic nitrogens is 5. The molecule has 0 aliphatic heterocycles. The molecule has 4 aromatic rings. The first-order valence-corrected chi connectivity index (χ1v) is 9.28. The van der Waals surface area contributed by atoms with Crippen LogP contribution in [0.3, 0.4) is 0 Å². The van der Waals surface area contributed by atoms with E-state index in [0.717, 1.165) is 17.0 Å². The summed E-state index contributed by atoms with van der Waals surface area (Å²) in [6, 6.07) is 9.45. The van der Waals surface area contributed by atoms with Crippen LogP contribution in [0.15, 0.2) is 39.9 Å². The second kappa shape index (κ2) is 6.79. The van der Waals surface area contributed by atoms with Crippen molar-refractivity contribution in [2.24, 2.45) is 7.05 Å². The summed E-state index contributed by atoms with van der Waals surface area (Å²) in [7, 11) is 1.64. The van der Waals surface area contributed by atoms with E-state index in [0.29, 0.717) is 29.9 Å². The van der Waals surface area contributed by atoms with Gasteiger partial charge in [-0.3, -0.25) is 18.3 Å². The minimum atomic E-state index is -0.390. The van der Waals surface area contributed by atoms with Crippen molar-refractivity contribution < 1.29 is 5.11 Å². The summed E-state index contributed by atoms with van der Waals surface area (Å²) in [5.41, 5.74) is 2.80. The Kier molecular flexibility index (Phi) is 4.43. The predicted octanol–water partition coefficient (Wildman–Crippen LogP) is 1.20. The molecule has 8 nitrogen and oxygen atoms in total. The lowest BCUT2D eigenvalue weighted by atomic mass is 10.2. The highest BCUT2D eigenvalue weighted by atomic mass is 16.3. The number of aliphatic hydroxyl groups excluding tert-OH is 1. The average molecular weight is 381 g/mol. The van der Waals surface area contributed by atoms with Gasteiger partial charge in [0.1, 0.15) is 0 Å². The summed E-state index contributed by atoms with van der Waals surface area (Å²) in [6.45, 7) is 4.78. The first-order chi connectivity index (χ1) is 13.5. The normalized spacial score (nSPS) is 11.7. The van der Waals surface area contributed by atoms with Gasteiger partial charge in [0.05, 0.1) is 6.54 Å². The van der Waals surface area contributed by atoms with Gasteiger partial charge in [0.15, 0.2) is 11.2 Å². The molecule has 1 N–H and O–H groups in total. The predicted molar refractivity (Wildman–Crippen MR) is 107 cm³/mol. The zero-order valence-electron chi connectivity index (χ0n) is 16.2. The highest BCUT2D eigenvalue weighted by Gasteiger charge is 2.22. The van der Waals surface area contributed by atoms with Gasteiger partial charge in [-0.25, -0.2) is 4.79 Å². The fraction of sp³-hybridized carbons (Fsp3) is 0.350. The lowest BCUT2D eigenvalue weighted by Crippen LogP contribution is -2.39. The molecule has 0 radical (unpaired) electrons. The topological polar surface area (TPSA) is 86.5 Å². The first-order valence-electron chi connectivity index (χ1n) is 9.28. The molecule has 0 saturated carbocycles. The molecule has 0 bridgehead atoms. The van der Waals surface area contributed by atoms with E-state index in [-0.39, 0.29) is 18.7 Å². The van der Waals surface area contributed by atoms with Crippen LogP contribution in [-0.2, 0) is 20.1 Å². The van der Waals surface area contributed by atoms with Gasteiger partial charge in [-0.1, -0.05) is 30.3 Å². The van der Waals surface area contributed by atoms with Crippen molar-refractivity contribution >= 4 is 16.9 Å². The van der Waals surface area contributed by atoms with Crippen LogP contribution in [0.1, 0.15) is 23.4 Å². The molecule has 8 heteroatoms. The van der Waals surface area contributed by atoms with Gasteiger partial charge < -0.3 is 9.67 Å². The van der Waals surface area contributed by atoms with E-state index in [2.05, 4.69) is 4.98 Å². The summed E-state index contributed by atoms with van der Waals surface area (Å²) in [4.78, 5) is 30.8. The lowest BCUT2D eigenvalue weighted by molar-refractivity contribution is 0.280. The van der Waals surface area contributed by atoms with Crippen molar-refractivity contribution in [3.05, 3.63) is 68.1 Å². The number of imidazole rings is 2. The van der Waals surface area contributed by atoms with Gasteiger partial charge in [0.25, 0.3) is 5.56 Å². The van der Waals surface area contributed by atoms with Crippen LogP contribution in [0.25, 0.3) is 16.9 Å². The summed E-state index contributed by atoms with van der Waals surface area (Å²) in [5.74, 6) is 0.614. The molecule has 4 rings (SSSR count). The van der Waals surface area contributed by atoms with Crippen molar-refractivity contribution in [3.8, 4) is 0 Å². The van der Waals surface area contributed by atoms with Crippen LogP contribution in [0.5, 0.6) is 0 Å². The van der Waals surface area contributed by atoms with Crippen molar-refractivity contribution in [2.45, 2.75) is 33.4 Å². The molecule has 0 aliphatic carbocycles. The third-order valence-corrected chi connectivity index (χ3v) is 5.35. The zero-order chi connectivity index (χ0) is 20.0. The molecule has 3 aromatic heterocycles. The number of hydrogen-bond donors (Lipinski definition) is 1. The Hall–Kier alpha value is -3.13. The van der Waals surface area contributed by atoms with Gasteiger partial charge in [-0.15, -0.1) is 0 Å². The minimum absolute atomic E-state index is 0.0748. The Balaban J connectivity index is 2.03. The maximum absolute atomic E-state index is 13.3. The van der Waals surface area contributed by atoms with Crippen LogP contribution >= 0.6 is 0 Å². The first kappa shape index (κ1) is 18.2. The highest BCUT2D eigenvalue weighted by Crippen LogP contribution is 2.21. The second-order valence-electron chi connectivity index (χ2n) is 7.04. The van der Waals surface area contributed by atoms with Crippen molar-refractivity contribution in [1.82, 2.24) is 23.1 Å². The fourth-order valence-corrected chi connectivity index (χ4v) is 3.72. The molecular formula is C20H23N5O3. The quantitative estimate of drug-likeness (QED) is 0.563. The fourth-order valence-electron chi connectivity index (χ4n) is 3.72. The molecular weight excluding hydrogens is 358 g/mol. The molecule has 28 heavy (non-hydrogen) atoms. The van der Waals surface area contributed by atoms with E-state index >= 15 is 0 Å². The third kappa shape index (κ3) is 2.60. The van der Waals surface area contributed by atoms with Gasteiger partial charge >= 0.3 is 5.69 Å². The lowest BCUT2D eigenvalue weighted by Gasteiger charge is -2.08. The Labute approximate surface area is 160 Å². The summed E-state index contributed by atoms with van der Waals surface area (Å²) in [6.07, 6.45) is 0.588. The van der Waals surface area contributed by atoms with Gasteiger partial charge in [0, 0.05) is 31.6 Å². The van der Waals surface area contributed by atoms with Crippen molar-refractivity contribution in [2.75, 3.05) is 6.61 Å². The molecule has 0 amide bonds. The number of aryl methyl sites for hydroxylation is 3. The summed E-state index contributed by atoms with van der Waals surface area (Å²) in [5, 5.41) is 9.20. The Morgan fingerprint density at radius 2 is 1.75 bits per heavy atom. The largest absolute Gasteiger partial charge is 0.396 e. The average Bonchev–Trinajstić information content (AvgIpc) is 3.19. The molecule has 0 saturated heterocycles. The van der Waals surface area contributed by atoms with E-state index in [1.54, 1.807) is 7.05 Å². The molecule has 0 atom stereocenters. The van der Waals surface area contributed by atoms with Gasteiger partial charge in [-0.05, 0) is 25.8 Å². The van der Waals surface area contributed by atoms with Crippen LogP contribution in [0.2, 0.25) is 0 Å². The Morgan fingerprint density at radius 1 is 1.04 bits per heavy atom. The van der Waals surface area contributed by atoms with E-state index in [1.807, 2.05) is 53.1 Å². The van der Waals surface area contributed by atoms with E-state index in [4.69, 9.17) is 0 Å². The van der Waals surface area contributed by atoms with E-state index in [1.165, 1.54) is 9.13 Å². The van der Waals surface area contributed by atoms with Crippen LogP contribution in [0, 0.1) is 13.8 Å². The van der Waals surface area contributed by atoms with Crippen molar-refractivity contribution in [1.29, 1.82) is 0 Å². The molecule has 0 aliphatic rings. The SMILES string of the molecule is Cc1c(C)n2c3c(=O)n(Cc4ccccc4)c(=O)n(C)c3nc2n1CCCO. The van der Waals surface area contributed by atoms with Crippen LogP contribution in [-0.4, -0.2) is 34.8 Å². The molecule has 0 spiro atoms. The maximum atomic E-state index is 13.3. The van der Waals surface area contributed by atoms with Crippen LogP contribution in [0.4, 0.5) is 0 Å². The molecule has 146 valence electrons. The number of hydrogen-bond acceptors (Lipinski definition) is 4. The zero-order valence-corrected chi connectivity index (χ0v) is 16.2. The molecule has 3 heterocycles. The maximum Gasteiger partial charge on any atom is 0.332 e. The van der Waals surface area contributed by atoms with Crippen molar-refractivity contribution in [3.63, 3.8) is 0 Å². The number of aliphatic hydroxyl groups is 1. The molecule has 0 fully saturated rings. The monoisotopic (exact) mass is 381 g/mol. The Morgan fingerprint density at radius 3 is 2.43 bits per heavy atom. The number of nitrogens with zero attached hydrogens (tertiary/aromatic N) is 5. The smallest absolute Gasteiger partial charge is 0.332 e. The molecule has 1 aromatic carbocycles. The third-order valence-electron chi connectivity index (χ3n) is 5.35. The summed E-state index contributed by atoms with van der Waals surface area (Å²) >= 11 is 0. The summed E-state index contributed by atoms with van der Waals surface area (Å²) < 4.78 is 6.49.